The summed E-state index contributed by atoms with van der Waals surface area (Å²) in [6, 6.07) is 0. The van der Waals surface area contributed by atoms with Crippen molar-refractivity contribution in [1.82, 2.24) is 0 Å². The standard InChI is InChI=1S/C13H27NO3/c1-11(15)10-13(4,5)16-8-6-12(2,3)17-9-7-14/h15H,1,6-10,14H2,2-5H3. The molecule has 0 radical (unpaired) electrons. The van der Waals surface area contributed by atoms with Gasteiger partial charge < -0.3 is 20.3 Å². The summed E-state index contributed by atoms with van der Waals surface area (Å²) in [5.74, 6) is 0.147. The van der Waals surface area contributed by atoms with E-state index in [0.717, 1.165) is 6.42 Å². The number of aliphatic hydroxyl groups excluding tert-OH is 1. The van der Waals surface area contributed by atoms with Crippen LogP contribution < -0.4 is 5.73 Å². The van der Waals surface area contributed by atoms with Crippen LogP contribution in [0, 0.1) is 0 Å². The van der Waals surface area contributed by atoms with Crippen LogP contribution in [0.15, 0.2) is 12.3 Å². The van der Waals surface area contributed by atoms with Crippen LogP contribution in [0.5, 0.6) is 0 Å². The maximum Gasteiger partial charge on any atom is 0.0879 e. The number of hydrogen-bond donors (Lipinski definition) is 2. The molecule has 3 N–H and O–H groups in total. The van der Waals surface area contributed by atoms with Crippen molar-refractivity contribution >= 4 is 0 Å². The van der Waals surface area contributed by atoms with Crippen LogP contribution >= 0.6 is 0 Å². The molecular formula is C13H27NO3. The quantitative estimate of drug-likeness (QED) is 0.612. The van der Waals surface area contributed by atoms with Crippen molar-refractivity contribution in [1.29, 1.82) is 0 Å². The fraction of sp³-hybridized carbons (Fsp3) is 0.846. The first-order valence-corrected chi connectivity index (χ1v) is 6.03. The Morgan fingerprint density at radius 1 is 1.12 bits per heavy atom. The lowest BCUT2D eigenvalue weighted by Crippen LogP contribution is -2.32. The lowest BCUT2D eigenvalue weighted by molar-refractivity contribution is -0.0719. The highest BCUT2D eigenvalue weighted by molar-refractivity contribution is 4.88. The summed E-state index contributed by atoms with van der Waals surface area (Å²) >= 11 is 0. The van der Waals surface area contributed by atoms with Crippen LogP contribution in [0.25, 0.3) is 0 Å². The largest absolute Gasteiger partial charge is 0.513 e. The molecule has 0 heterocycles. The van der Waals surface area contributed by atoms with Gasteiger partial charge >= 0.3 is 0 Å². The summed E-state index contributed by atoms with van der Waals surface area (Å²) in [5, 5.41) is 9.15. The van der Waals surface area contributed by atoms with E-state index in [9.17, 15) is 0 Å². The second-order valence-electron chi connectivity index (χ2n) is 5.50. The highest BCUT2D eigenvalue weighted by Crippen LogP contribution is 2.21. The van der Waals surface area contributed by atoms with Crippen LogP contribution in [-0.4, -0.2) is 36.1 Å². The van der Waals surface area contributed by atoms with Gasteiger partial charge in [0.2, 0.25) is 0 Å². The Labute approximate surface area is 105 Å². The molecule has 0 amide bonds. The summed E-state index contributed by atoms with van der Waals surface area (Å²) in [6.45, 7) is 13.0. The average molecular weight is 245 g/mol. The molecule has 0 rings (SSSR count). The van der Waals surface area contributed by atoms with Crippen LogP contribution in [0.4, 0.5) is 0 Å². The van der Waals surface area contributed by atoms with Crippen molar-refractivity contribution in [3.05, 3.63) is 12.3 Å². The first-order chi connectivity index (χ1) is 7.68. The summed E-state index contributed by atoms with van der Waals surface area (Å²) in [5.41, 5.74) is 4.77. The number of ether oxygens (including phenoxy) is 2. The second kappa shape index (κ2) is 6.99. The minimum absolute atomic E-state index is 0.147. The van der Waals surface area contributed by atoms with E-state index in [1.165, 1.54) is 0 Å². The molecule has 0 aromatic carbocycles. The SMILES string of the molecule is C=C(O)CC(C)(C)OCCC(C)(C)OCCN. The minimum atomic E-state index is -0.393. The van der Waals surface area contributed by atoms with E-state index >= 15 is 0 Å². The molecule has 0 spiro atoms. The molecule has 0 aliphatic carbocycles. The van der Waals surface area contributed by atoms with Crippen molar-refractivity contribution < 1.29 is 14.6 Å². The van der Waals surface area contributed by atoms with E-state index < -0.39 is 5.60 Å². The van der Waals surface area contributed by atoms with E-state index in [4.69, 9.17) is 20.3 Å². The number of hydrogen-bond acceptors (Lipinski definition) is 4. The zero-order chi connectivity index (χ0) is 13.5. The lowest BCUT2D eigenvalue weighted by atomic mass is 10.0. The van der Waals surface area contributed by atoms with E-state index in [2.05, 4.69) is 6.58 Å². The van der Waals surface area contributed by atoms with Crippen molar-refractivity contribution in [3.63, 3.8) is 0 Å². The smallest absolute Gasteiger partial charge is 0.0879 e. The van der Waals surface area contributed by atoms with Gasteiger partial charge in [-0.15, -0.1) is 0 Å². The Balaban J connectivity index is 3.92. The minimum Gasteiger partial charge on any atom is -0.513 e. The molecule has 0 aromatic rings. The Morgan fingerprint density at radius 2 is 1.65 bits per heavy atom. The Morgan fingerprint density at radius 3 is 2.12 bits per heavy atom. The van der Waals surface area contributed by atoms with Gasteiger partial charge in [0, 0.05) is 13.0 Å². The zero-order valence-electron chi connectivity index (χ0n) is 11.6. The summed E-state index contributed by atoms with van der Waals surface area (Å²) in [7, 11) is 0. The van der Waals surface area contributed by atoms with Crippen molar-refractivity contribution in [2.45, 2.75) is 51.7 Å². The van der Waals surface area contributed by atoms with Crippen LogP contribution in [0.1, 0.15) is 40.5 Å². The van der Waals surface area contributed by atoms with Gasteiger partial charge in [-0.05, 0) is 34.1 Å². The fourth-order valence-electron chi connectivity index (χ4n) is 1.52. The molecule has 0 saturated carbocycles. The Kier molecular flexibility index (Phi) is 6.75. The highest BCUT2D eigenvalue weighted by Gasteiger charge is 2.23. The average Bonchev–Trinajstić information content (AvgIpc) is 2.11. The first kappa shape index (κ1) is 16.4. The molecule has 4 nitrogen and oxygen atoms in total. The molecule has 0 aliphatic heterocycles. The van der Waals surface area contributed by atoms with Gasteiger partial charge in [0.15, 0.2) is 0 Å². The monoisotopic (exact) mass is 245 g/mol. The van der Waals surface area contributed by atoms with Crippen molar-refractivity contribution in [3.8, 4) is 0 Å². The van der Waals surface area contributed by atoms with E-state index in [0.29, 0.717) is 26.2 Å². The molecule has 0 aliphatic rings. The summed E-state index contributed by atoms with van der Waals surface area (Å²) in [4.78, 5) is 0. The molecule has 0 unspecified atom stereocenters. The van der Waals surface area contributed by atoms with Gasteiger partial charge in [-0.2, -0.15) is 0 Å². The number of nitrogens with two attached hydrogens (primary N) is 1. The molecule has 0 atom stereocenters. The molecule has 4 heteroatoms. The highest BCUT2D eigenvalue weighted by atomic mass is 16.5. The molecule has 0 saturated heterocycles. The molecule has 102 valence electrons. The van der Waals surface area contributed by atoms with Crippen molar-refractivity contribution in [2.75, 3.05) is 19.8 Å². The van der Waals surface area contributed by atoms with Gasteiger partial charge in [-0.25, -0.2) is 0 Å². The second-order valence-corrected chi connectivity index (χ2v) is 5.50. The number of rotatable bonds is 9. The van der Waals surface area contributed by atoms with Gasteiger partial charge in [-0.1, -0.05) is 6.58 Å². The molecule has 0 bridgehead atoms. The van der Waals surface area contributed by atoms with Crippen LogP contribution in [-0.2, 0) is 9.47 Å². The van der Waals surface area contributed by atoms with Crippen molar-refractivity contribution in [2.24, 2.45) is 5.73 Å². The Hall–Kier alpha value is -0.580. The molecule has 0 aromatic heterocycles. The third-order valence-corrected chi connectivity index (χ3v) is 2.44. The predicted octanol–water partition coefficient (Wildman–Crippen LogP) is 2.39. The summed E-state index contributed by atoms with van der Waals surface area (Å²) < 4.78 is 11.3. The maximum absolute atomic E-state index is 9.15. The third-order valence-electron chi connectivity index (χ3n) is 2.44. The Bertz CT molecular complexity index is 237. The third kappa shape index (κ3) is 9.15. The maximum atomic E-state index is 9.15. The zero-order valence-corrected chi connectivity index (χ0v) is 11.6. The fourth-order valence-corrected chi connectivity index (χ4v) is 1.52. The summed E-state index contributed by atoms with van der Waals surface area (Å²) in [6.07, 6.45) is 1.23. The number of aliphatic hydroxyl groups is 1. The van der Waals surface area contributed by atoms with Gasteiger partial charge in [-0.3, -0.25) is 0 Å². The molecule has 17 heavy (non-hydrogen) atoms. The van der Waals surface area contributed by atoms with E-state index in [-0.39, 0.29) is 11.4 Å². The molecular weight excluding hydrogens is 218 g/mol. The topological polar surface area (TPSA) is 64.7 Å². The van der Waals surface area contributed by atoms with Gasteiger partial charge in [0.25, 0.3) is 0 Å². The van der Waals surface area contributed by atoms with Crippen LogP contribution in [0.2, 0.25) is 0 Å². The van der Waals surface area contributed by atoms with E-state index in [1.807, 2.05) is 27.7 Å². The van der Waals surface area contributed by atoms with E-state index in [1.54, 1.807) is 0 Å². The van der Waals surface area contributed by atoms with Gasteiger partial charge in [0.05, 0.1) is 30.2 Å². The lowest BCUT2D eigenvalue weighted by Gasteiger charge is -2.29. The van der Waals surface area contributed by atoms with Gasteiger partial charge in [0.1, 0.15) is 0 Å². The predicted molar refractivity (Wildman–Crippen MR) is 70.1 cm³/mol. The molecule has 0 fully saturated rings. The normalized spacial score (nSPS) is 12.8. The first-order valence-electron chi connectivity index (χ1n) is 6.03. The van der Waals surface area contributed by atoms with Crippen LogP contribution in [0.3, 0.4) is 0 Å².